The van der Waals surface area contributed by atoms with Gasteiger partial charge >= 0.3 is 5.97 Å². The monoisotopic (exact) mass is 282 g/mol. The van der Waals surface area contributed by atoms with Crippen LogP contribution in [-0.4, -0.2) is 70.6 Å². The van der Waals surface area contributed by atoms with Gasteiger partial charge in [0.05, 0.1) is 0 Å². The predicted molar refractivity (Wildman–Crippen MR) is 65.6 cm³/mol. The Hall–Kier alpha value is -2.45. The summed E-state index contributed by atoms with van der Waals surface area (Å²) in [6.07, 6.45) is 0.283. The summed E-state index contributed by atoms with van der Waals surface area (Å²) in [5, 5.41) is 16.4. The van der Waals surface area contributed by atoms with Crippen molar-refractivity contribution in [2.75, 3.05) is 20.1 Å². The van der Waals surface area contributed by atoms with Crippen LogP contribution in [0.15, 0.2) is 5.10 Å². The quantitative estimate of drug-likeness (QED) is 0.607. The average Bonchev–Trinajstić information content (AvgIpc) is 2.40. The second kappa shape index (κ2) is 5.27. The van der Waals surface area contributed by atoms with E-state index in [1.54, 1.807) is 0 Å². The van der Waals surface area contributed by atoms with Crippen LogP contribution in [-0.2, 0) is 19.2 Å². The third kappa shape index (κ3) is 2.60. The third-order valence-electron chi connectivity index (χ3n) is 3.18. The number of hydrazone groups is 1. The molecule has 1 fully saturated rings. The van der Waals surface area contributed by atoms with Gasteiger partial charge in [0, 0.05) is 26.4 Å². The van der Waals surface area contributed by atoms with Gasteiger partial charge in [-0.1, -0.05) is 0 Å². The van der Waals surface area contributed by atoms with Crippen LogP contribution in [0.2, 0.25) is 0 Å². The summed E-state index contributed by atoms with van der Waals surface area (Å²) in [6, 6.07) is -1.12. The molecule has 3 amide bonds. The van der Waals surface area contributed by atoms with Crippen molar-refractivity contribution in [1.29, 1.82) is 0 Å². The lowest BCUT2D eigenvalue weighted by Gasteiger charge is -2.33. The van der Waals surface area contributed by atoms with Crippen LogP contribution in [0.25, 0.3) is 0 Å². The number of hydrogen-bond acceptors (Lipinski definition) is 5. The maximum Gasteiger partial charge on any atom is 0.328 e. The first kappa shape index (κ1) is 14.0. The Morgan fingerprint density at radius 2 is 2.05 bits per heavy atom. The molecular formula is C11H14N4O5. The van der Waals surface area contributed by atoms with E-state index in [0.717, 1.165) is 9.91 Å². The van der Waals surface area contributed by atoms with E-state index in [1.165, 1.54) is 7.05 Å². The molecule has 9 nitrogen and oxygen atoms in total. The summed E-state index contributed by atoms with van der Waals surface area (Å²) in [4.78, 5) is 47.0. The molecule has 0 aromatic rings. The lowest BCUT2D eigenvalue weighted by Crippen LogP contribution is -2.60. The summed E-state index contributed by atoms with van der Waals surface area (Å²) in [5.74, 6) is -2.45. The van der Waals surface area contributed by atoms with Crippen LogP contribution < -0.4 is 5.32 Å². The molecule has 0 aromatic heterocycles. The zero-order valence-corrected chi connectivity index (χ0v) is 10.8. The van der Waals surface area contributed by atoms with Crippen molar-refractivity contribution in [3.05, 3.63) is 0 Å². The Labute approximate surface area is 114 Å². The number of nitrogens with zero attached hydrogens (tertiary/aromatic N) is 3. The van der Waals surface area contributed by atoms with E-state index >= 15 is 0 Å². The second-order valence-corrected chi connectivity index (χ2v) is 4.56. The number of carboxylic acid groups (broad SMARTS) is 1. The zero-order valence-electron chi connectivity index (χ0n) is 10.8. The molecule has 0 bridgehead atoms. The minimum atomic E-state index is -1.20. The molecular weight excluding hydrogens is 268 g/mol. The molecule has 0 saturated carbocycles. The molecule has 0 aromatic carbocycles. The van der Waals surface area contributed by atoms with Crippen LogP contribution in [0.3, 0.4) is 0 Å². The van der Waals surface area contributed by atoms with E-state index in [1.807, 2.05) is 0 Å². The van der Waals surface area contributed by atoms with Gasteiger partial charge in [0.2, 0.25) is 11.8 Å². The molecule has 108 valence electrons. The Morgan fingerprint density at radius 1 is 1.35 bits per heavy atom. The molecule has 2 N–H and O–H groups in total. The largest absolute Gasteiger partial charge is 0.480 e. The van der Waals surface area contributed by atoms with Gasteiger partial charge in [-0.05, 0) is 0 Å². The summed E-state index contributed by atoms with van der Waals surface area (Å²) in [5.41, 5.74) is 0.0908. The number of carbonyl (C=O) groups excluding carboxylic acids is 3. The highest BCUT2D eigenvalue weighted by atomic mass is 16.4. The van der Waals surface area contributed by atoms with E-state index in [0.29, 0.717) is 0 Å². The standard InChI is InChI=1S/C11H14N4O5/c1-14-9(17)3-2-6(13-14)10(18)15-5-8(16)12-4-7(15)11(19)20/h7H,2-5H2,1H3,(H,12,16)(H,19,20). The Balaban J connectivity index is 2.21. The summed E-state index contributed by atoms with van der Waals surface area (Å²) in [6.45, 7) is -0.464. The maximum absolute atomic E-state index is 12.3. The van der Waals surface area contributed by atoms with Crippen molar-refractivity contribution in [2.24, 2.45) is 5.10 Å². The van der Waals surface area contributed by atoms with E-state index in [9.17, 15) is 19.2 Å². The summed E-state index contributed by atoms with van der Waals surface area (Å²) < 4.78 is 0. The average molecular weight is 282 g/mol. The van der Waals surface area contributed by atoms with Crippen molar-refractivity contribution in [1.82, 2.24) is 15.2 Å². The molecule has 2 heterocycles. The Kier molecular flexibility index (Phi) is 3.68. The van der Waals surface area contributed by atoms with Gasteiger partial charge in [-0.2, -0.15) is 5.10 Å². The highest BCUT2D eigenvalue weighted by Crippen LogP contribution is 2.12. The first-order valence-corrected chi connectivity index (χ1v) is 6.04. The summed E-state index contributed by atoms with van der Waals surface area (Å²) >= 11 is 0. The van der Waals surface area contributed by atoms with Gasteiger partial charge in [0.1, 0.15) is 18.3 Å². The molecule has 1 unspecified atom stereocenters. The van der Waals surface area contributed by atoms with E-state index < -0.39 is 23.8 Å². The molecule has 20 heavy (non-hydrogen) atoms. The lowest BCUT2D eigenvalue weighted by molar-refractivity contribution is -0.151. The molecule has 1 atom stereocenters. The van der Waals surface area contributed by atoms with Crippen molar-refractivity contribution in [2.45, 2.75) is 18.9 Å². The van der Waals surface area contributed by atoms with Crippen LogP contribution in [0.4, 0.5) is 0 Å². The summed E-state index contributed by atoms with van der Waals surface area (Å²) in [7, 11) is 1.42. The van der Waals surface area contributed by atoms with E-state index in [2.05, 4.69) is 10.4 Å². The molecule has 2 rings (SSSR count). The lowest BCUT2D eigenvalue weighted by atomic mass is 10.1. The molecule has 0 aliphatic carbocycles. The van der Waals surface area contributed by atoms with Gasteiger partial charge in [-0.3, -0.25) is 14.4 Å². The maximum atomic E-state index is 12.3. The number of amides is 3. The number of hydrogen-bond donors (Lipinski definition) is 2. The predicted octanol–water partition coefficient (Wildman–Crippen LogP) is -1.99. The highest BCUT2D eigenvalue weighted by molar-refractivity contribution is 6.40. The van der Waals surface area contributed by atoms with Crippen molar-refractivity contribution < 1.29 is 24.3 Å². The van der Waals surface area contributed by atoms with E-state index in [4.69, 9.17) is 5.11 Å². The fourth-order valence-corrected chi connectivity index (χ4v) is 2.06. The fourth-order valence-electron chi connectivity index (χ4n) is 2.06. The Bertz CT molecular complexity index is 515. The van der Waals surface area contributed by atoms with Gasteiger partial charge < -0.3 is 15.3 Å². The normalized spacial score (nSPS) is 23.2. The smallest absolute Gasteiger partial charge is 0.328 e. The molecule has 2 aliphatic rings. The number of aliphatic carboxylic acids is 1. The van der Waals surface area contributed by atoms with Crippen molar-refractivity contribution in [3.8, 4) is 0 Å². The number of piperazine rings is 1. The van der Waals surface area contributed by atoms with Crippen LogP contribution >= 0.6 is 0 Å². The van der Waals surface area contributed by atoms with Crippen LogP contribution in [0.5, 0.6) is 0 Å². The minimum Gasteiger partial charge on any atom is -0.480 e. The van der Waals surface area contributed by atoms with Crippen molar-refractivity contribution in [3.63, 3.8) is 0 Å². The van der Waals surface area contributed by atoms with Gasteiger partial charge in [0.25, 0.3) is 5.91 Å². The van der Waals surface area contributed by atoms with Crippen LogP contribution in [0, 0.1) is 0 Å². The second-order valence-electron chi connectivity index (χ2n) is 4.56. The molecule has 2 aliphatic heterocycles. The Morgan fingerprint density at radius 3 is 2.65 bits per heavy atom. The molecule has 1 saturated heterocycles. The first-order valence-electron chi connectivity index (χ1n) is 6.04. The van der Waals surface area contributed by atoms with Gasteiger partial charge in [-0.25, -0.2) is 9.80 Å². The van der Waals surface area contributed by atoms with Crippen molar-refractivity contribution >= 4 is 29.4 Å². The van der Waals surface area contributed by atoms with Crippen LogP contribution in [0.1, 0.15) is 12.8 Å². The topological polar surface area (TPSA) is 119 Å². The number of carboxylic acids is 1. The SMILES string of the molecule is CN1N=C(C(=O)N2CC(=O)NCC2C(=O)O)CCC1=O. The molecule has 0 spiro atoms. The van der Waals surface area contributed by atoms with E-state index in [-0.39, 0.29) is 37.6 Å². The van der Waals surface area contributed by atoms with Gasteiger partial charge in [0.15, 0.2) is 0 Å². The molecule has 9 heteroatoms. The minimum absolute atomic E-state index is 0.0908. The number of carbonyl (C=O) groups is 4. The highest BCUT2D eigenvalue weighted by Gasteiger charge is 2.37. The fraction of sp³-hybridized carbons (Fsp3) is 0.545. The van der Waals surface area contributed by atoms with Gasteiger partial charge in [-0.15, -0.1) is 0 Å². The molecule has 0 radical (unpaired) electrons. The zero-order chi connectivity index (χ0) is 14.9. The number of rotatable bonds is 2. The first-order chi connectivity index (χ1) is 9.40. The number of nitrogens with one attached hydrogen (secondary N) is 1. The third-order valence-corrected chi connectivity index (χ3v) is 3.18.